The van der Waals surface area contributed by atoms with Crippen LogP contribution in [0, 0.1) is 0 Å². The van der Waals surface area contributed by atoms with Gasteiger partial charge in [-0.3, -0.25) is 4.98 Å². The number of quaternary nitrogens is 1. The molecule has 1 heterocycles. The lowest BCUT2D eigenvalue weighted by molar-refractivity contribution is -0.686. The predicted octanol–water partition coefficient (Wildman–Crippen LogP) is 4.24. The van der Waals surface area contributed by atoms with Crippen molar-refractivity contribution in [3.8, 4) is 11.5 Å². The van der Waals surface area contributed by atoms with Crippen LogP contribution in [0.2, 0.25) is 10.0 Å². The molecule has 0 aliphatic carbocycles. The van der Waals surface area contributed by atoms with Crippen LogP contribution in [0.5, 0.6) is 11.5 Å². The lowest BCUT2D eigenvalue weighted by Gasteiger charge is -2.13. The Morgan fingerprint density at radius 3 is 2.44 bits per heavy atom. The van der Waals surface area contributed by atoms with Crippen LogP contribution >= 0.6 is 23.2 Å². The van der Waals surface area contributed by atoms with Gasteiger partial charge in [-0.25, -0.2) is 0 Å². The Kier molecular flexibility index (Phi) is 6.93. The van der Waals surface area contributed by atoms with Gasteiger partial charge in [-0.15, -0.1) is 0 Å². The Hall–Kier alpha value is -2.27. The molecule has 4 nitrogen and oxygen atoms in total. The highest BCUT2D eigenvalue weighted by atomic mass is 35.5. The molecule has 0 saturated heterocycles. The molecule has 3 rings (SSSR count). The summed E-state index contributed by atoms with van der Waals surface area (Å²) in [5, 5.41) is 3.37. The lowest BCUT2D eigenvalue weighted by atomic mass is 10.2. The van der Waals surface area contributed by atoms with E-state index in [4.69, 9.17) is 32.7 Å². The monoisotopic (exact) mass is 403 g/mol. The third-order valence-corrected chi connectivity index (χ3v) is 4.83. The Labute approximate surface area is 169 Å². The van der Waals surface area contributed by atoms with Crippen molar-refractivity contribution in [2.24, 2.45) is 0 Å². The first-order chi connectivity index (χ1) is 13.2. The zero-order chi connectivity index (χ0) is 19.1. The molecule has 0 amide bonds. The van der Waals surface area contributed by atoms with Crippen molar-refractivity contribution in [3.63, 3.8) is 0 Å². The van der Waals surface area contributed by atoms with Crippen molar-refractivity contribution in [1.29, 1.82) is 0 Å². The first-order valence-electron chi connectivity index (χ1n) is 8.61. The van der Waals surface area contributed by atoms with Crippen LogP contribution in [0.4, 0.5) is 0 Å². The molecule has 2 aromatic carbocycles. The van der Waals surface area contributed by atoms with Gasteiger partial charge in [0.25, 0.3) is 0 Å². The fraction of sp³-hybridized carbons (Fsp3) is 0.190. The van der Waals surface area contributed by atoms with E-state index in [9.17, 15) is 0 Å². The van der Waals surface area contributed by atoms with Crippen LogP contribution in [-0.2, 0) is 19.7 Å². The summed E-state index contributed by atoms with van der Waals surface area (Å²) in [7, 11) is 1.63. The summed E-state index contributed by atoms with van der Waals surface area (Å²) in [6.45, 7) is 1.93. The van der Waals surface area contributed by atoms with Crippen LogP contribution in [0.15, 0.2) is 60.8 Å². The van der Waals surface area contributed by atoms with E-state index in [0.29, 0.717) is 21.5 Å². The summed E-state index contributed by atoms with van der Waals surface area (Å²) in [6, 6.07) is 17.3. The smallest absolute Gasteiger partial charge is 0.161 e. The van der Waals surface area contributed by atoms with Crippen molar-refractivity contribution < 1.29 is 14.8 Å². The van der Waals surface area contributed by atoms with Crippen molar-refractivity contribution in [2.75, 3.05) is 7.11 Å². The minimum absolute atomic E-state index is 0.278. The topological polar surface area (TPSA) is 48.0 Å². The molecular formula is C21H21Cl2N2O2+. The normalized spacial score (nSPS) is 10.6. The van der Waals surface area contributed by atoms with Crippen LogP contribution < -0.4 is 14.8 Å². The Morgan fingerprint density at radius 1 is 0.926 bits per heavy atom. The molecule has 0 spiro atoms. The number of methoxy groups -OCH3 is 1. The maximum Gasteiger partial charge on any atom is 0.161 e. The Morgan fingerprint density at radius 2 is 1.74 bits per heavy atom. The number of halogens is 2. The van der Waals surface area contributed by atoms with Gasteiger partial charge in [0.15, 0.2) is 11.5 Å². The number of hydrogen-bond donors (Lipinski definition) is 1. The molecule has 0 bridgehead atoms. The van der Waals surface area contributed by atoms with E-state index in [1.54, 1.807) is 19.2 Å². The predicted molar refractivity (Wildman–Crippen MR) is 107 cm³/mol. The molecule has 0 unspecified atom stereocenters. The second-order valence-electron chi connectivity index (χ2n) is 5.99. The van der Waals surface area contributed by atoms with E-state index in [0.717, 1.165) is 29.9 Å². The fourth-order valence-electron chi connectivity index (χ4n) is 2.68. The molecule has 140 valence electrons. The average Bonchev–Trinajstić information content (AvgIpc) is 2.69. The maximum absolute atomic E-state index is 6.20. The highest BCUT2D eigenvalue weighted by molar-refractivity contribution is 6.35. The number of pyridine rings is 1. The number of aromatic nitrogens is 1. The molecular weight excluding hydrogens is 383 g/mol. The number of nitrogens with two attached hydrogens (primary N) is 1. The molecule has 0 radical (unpaired) electrons. The number of benzene rings is 2. The molecule has 0 aliphatic rings. The molecule has 3 aromatic rings. The summed E-state index contributed by atoms with van der Waals surface area (Å²) in [5.74, 6) is 1.34. The minimum atomic E-state index is 0.278. The third-order valence-electron chi connectivity index (χ3n) is 4.12. The molecule has 0 fully saturated rings. The fourth-order valence-corrected chi connectivity index (χ4v) is 3.19. The molecule has 0 saturated carbocycles. The van der Waals surface area contributed by atoms with E-state index in [1.165, 1.54) is 0 Å². The van der Waals surface area contributed by atoms with Gasteiger partial charge in [0.2, 0.25) is 0 Å². The van der Waals surface area contributed by atoms with Gasteiger partial charge in [0.1, 0.15) is 19.7 Å². The van der Waals surface area contributed by atoms with Crippen LogP contribution in [0.25, 0.3) is 0 Å². The van der Waals surface area contributed by atoms with E-state index in [-0.39, 0.29) is 6.61 Å². The number of nitrogens with zero attached hydrogens (tertiary/aromatic N) is 1. The second kappa shape index (κ2) is 9.60. The quantitative estimate of drug-likeness (QED) is 0.611. The maximum atomic E-state index is 6.20. The zero-order valence-electron chi connectivity index (χ0n) is 15.0. The van der Waals surface area contributed by atoms with Crippen molar-refractivity contribution in [2.45, 2.75) is 19.7 Å². The first-order valence-corrected chi connectivity index (χ1v) is 9.37. The summed E-state index contributed by atoms with van der Waals surface area (Å²) in [6.07, 6.45) is 1.81. The summed E-state index contributed by atoms with van der Waals surface area (Å²) in [5.41, 5.74) is 2.96. The van der Waals surface area contributed by atoms with Crippen LogP contribution in [0.1, 0.15) is 16.8 Å². The standard InChI is InChI=1S/C21H20Cl2N2O2/c1-26-21-11-15(12-24-13-16-5-2-3-10-25-16)8-9-20(21)27-14-17-18(22)6-4-7-19(17)23/h2-11,24H,12-14H2,1H3/p+1. The highest BCUT2D eigenvalue weighted by Crippen LogP contribution is 2.31. The molecule has 1 aromatic heterocycles. The zero-order valence-corrected chi connectivity index (χ0v) is 16.5. The average molecular weight is 404 g/mol. The van der Waals surface area contributed by atoms with Gasteiger partial charge in [-0.1, -0.05) is 35.3 Å². The van der Waals surface area contributed by atoms with Gasteiger partial charge in [0, 0.05) is 27.4 Å². The summed E-state index contributed by atoms with van der Waals surface area (Å²) < 4.78 is 11.4. The van der Waals surface area contributed by atoms with Gasteiger partial charge in [0.05, 0.1) is 12.8 Å². The lowest BCUT2D eigenvalue weighted by Crippen LogP contribution is -2.80. The second-order valence-corrected chi connectivity index (χ2v) is 6.81. The van der Waals surface area contributed by atoms with Gasteiger partial charge < -0.3 is 14.8 Å². The van der Waals surface area contributed by atoms with Crippen molar-refractivity contribution in [3.05, 3.63) is 87.7 Å². The van der Waals surface area contributed by atoms with Gasteiger partial charge in [-0.05, 0) is 42.5 Å². The minimum Gasteiger partial charge on any atom is -0.493 e. The van der Waals surface area contributed by atoms with E-state index in [2.05, 4.69) is 10.3 Å². The number of hydrogen-bond acceptors (Lipinski definition) is 3. The third kappa shape index (κ3) is 5.36. The molecule has 27 heavy (non-hydrogen) atoms. The SMILES string of the molecule is COc1cc(C[NH2+]Cc2ccccn2)ccc1OCc1c(Cl)cccc1Cl. The van der Waals surface area contributed by atoms with Crippen molar-refractivity contribution >= 4 is 23.2 Å². The largest absolute Gasteiger partial charge is 0.493 e. The first kappa shape index (κ1) is 19.5. The van der Waals surface area contributed by atoms with Crippen molar-refractivity contribution in [1.82, 2.24) is 4.98 Å². The molecule has 0 aliphatic heterocycles. The number of ether oxygens (including phenoxy) is 2. The van der Waals surface area contributed by atoms with Crippen LogP contribution in [0.3, 0.4) is 0 Å². The molecule has 0 atom stereocenters. The molecule has 2 N–H and O–H groups in total. The highest BCUT2D eigenvalue weighted by Gasteiger charge is 2.10. The molecule has 6 heteroatoms. The Bertz CT molecular complexity index is 868. The van der Waals surface area contributed by atoms with Gasteiger partial charge in [-0.2, -0.15) is 0 Å². The van der Waals surface area contributed by atoms with E-state index < -0.39 is 0 Å². The number of rotatable bonds is 8. The van der Waals surface area contributed by atoms with Crippen LogP contribution in [-0.4, -0.2) is 12.1 Å². The summed E-state index contributed by atoms with van der Waals surface area (Å²) >= 11 is 12.4. The van der Waals surface area contributed by atoms with Gasteiger partial charge >= 0.3 is 0 Å². The Balaban J connectivity index is 1.62. The summed E-state index contributed by atoms with van der Waals surface area (Å²) in [4.78, 5) is 4.33. The van der Waals surface area contributed by atoms with E-state index in [1.807, 2.05) is 48.7 Å². The van der Waals surface area contributed by atoms with E-state index >= 15 is 0 Å².